The number of hydrogen-bond donors (Lipinski definition) is 0. The first kappa shape index (κ1) is 22.1. The topological polar surface area (TPSA) is 64.6 Å². The van der Waals surface area contributed by atoms with Gasteiger partial charge in [0.15, 0.2) is 0 Å². The molecule has 0 spiro atoms. The van der Waals surface area contributed by atoms with Crippen LogP contribution in [-0.4, -0.2) is 43.6 Å². The van der Waals surface area contributed by atoms with Crippen LogP contribution < -0.4 is 15.3 Å². The quantitative estimate of drug-likeness (QED) is 0.424. The van der Waals surface area contributed by atoms with E-state index in [-0.39, 0.29) is 24.1 Å². The van der Waals surface area contributed by atoms with E-state index >= 15 is 0 Å². The molecule has 1 aromatic heterocycles. The van der Waals surface area contributed by atoms with E-state index in [0.717, 1.165) is 10.4 Å². The van der Waals surface area contributed by atoms with Crippen molar-refractivity contribution in [1.82, 2.24) is 9.97 Å². The van der Waals surface area contributed by atoms with Crippen molar-refractivity contribution in [3.05, 3.63) is 79.0 Å². The first-order valence-electron chi connectivity index (χ1n) is 10.5. The van der Waals surface area contributed by atoms with Crippen molar-refractivity contribution in [2.24, 2.45) is 0 Å². The fourth-order valence-electron chi connectivity index (χ4n) is 4.31. The molecule has 0 radical (unpaired) electrons. The lowest BCUT2D eigenvalue weighted by atomic mass is 10.2. The maximum absolute atomic E-state index is 13.6. The molecule has 6 nitrogen and oxygen atoms in total. The molecule has 166 valence electrons. The summed E-state index contributed by atoms with van der Waals surface area (Å²) >= 11 is 0. The standard InChI is InChI=1S/C24H26FN3O3Si/c1-24(2,3)32(19-10-6-4-7-11-19,20-12-8-5-9-13-20)31-17-18-16-30-23(29)28(18)21-14-15-26-22(25)27-21/h4-15,18H,16-17H2,1-3H3/t18-/m1/s1. The maximum atomic E-state index is 13.6. The minimum absolute atomic E-state index is 0.142. The highest BCUT2D eigenvalue weighted by molar-refractivity contribution is 6.99. The number of rotatable bonds is 6. The van der Waals surface area contributed by atoms with Gasteiger partial charge in [-0.3, -0.25) is 4.90 Å². The minimum atomic E-state index is -2.78. The Morgan fingerprint density at radius 2 is 1.66 bits per heavy atom. The molecule has 0 bridgehead atoms. The Labute approximate surface area is 188 Å². The van der Waals surface area contributed by atoms with Gasteiger partial charge in [0.25, 0.3) is 8.32 Å². The second-order valence-electron chi connectivity index (χ2n) is 8.76. The smallest absolute Gasteiger partial charge is 0.416 e. The third kappa shape index (κ3) is 4.03. The molecule has 4 rings (SSSR count). The molecule has 32 heavy (non-hydrogen) atoms. The Bertz CT molecular complexity index is 1040. The van der Waals surface area contributed by atoms with Crippen LogP contribution in [-0.2, 0) is 9.16 Å². The first-order chi connectivity index (χ1) is 15.3. The SMILES string of the molecule is CC(C)(C)[Si](OC[C@H]1COC(=O)N1c1ccnc(F)n1)(c1ccccc1)c1ccccc1. The number of ether oxygens (including phenoxy) is 1. The summed E-state index contributed by atoms with van der Waals surface area (Å²) in [5.41, 5.74) is 0. The molecule has 0 unspecified atom stereocenters. The van der Waals surface area contributed by atoms with Gasteiger partial charge in [0.2, 0.25) is 0 Å². The minimum Gasteiger partial charge on any atom is -0.447 e. The highest BCUT2D eigenvalue weighted by atomic mass is 28.4. The van der Waals surface area contributed by atoms with Gasteiger partial charge in [0.1, 0.15) is 12.4 Å². The largest absolute Gasteiger partial charge is 0.447 e. The highest BCUT2D eigenvalue weighted by Gasteiger charge is 2.51. The zero-order chi connectivity index (χ0) is 22.8. The van der Waals surface area contributed by atoms with Crippen LogP contribution in [0.25, 0.3) is 0 Å². The summed E-state index contributed by atoms with van der Waals surface area (Å²) < 4.78 is 25.8. The average Bonchev–Trinajstić information content (AvgIpc) is 3.15. The summed E-state index contributed by atoms with van der Waals surface area (Å²) in [5, 5.41) is 2.08. The summed E-state index contributed by atoms with van der Waals surface area (Å²) in [6.45, 7) is 6.93. The molecule has 1 atom stereocenters. The number of cyclic esters (lactones) is 1. The van der Waals surface area contributed by atoms with Gasteiger partial charge in [0, 0.05) is 6.20 Å². The molecular formula is C24H26FN3O3Si. The molecule has 1 amide bonds. The second kappa shape index (κ2) is 8.80. The summed E-state index contributed by atoms with van der Waals surface area (Å²) in [5.74, 6) is 0.163. The number of halogens is 1. The fourth-order valence-corrected chi connectivity index (χ4v) is 8.90. The zero-order valence-corrected chi connectivity index (χ0v) is 19.4. The molecule has 1 aliphatic heterocycles. The Balaban J connectivity index is 1.73. The molecule has 0 N–H and O–H groups in total. The number of nitrogens with zero attached hydrogens (tertiary/aromatic N) is 3. The predicted octanol–water partition coefficient (Wildman–Crippen LogP) is 3.52. The van der Waals surface area contributed by atoms with Crippen molar-refractivity contribution >= 4 is 30.6 Å². The van der Waals surface area contributed by atoms with Gasteiger partial charge >= 0.3 is 12.2 Å². The second-order valence-corrected chi connectivity index (χ2v) is 13.1. The average molecular weight is 452 g/mol. The number of anilines is 1. The molecule has 1 aliphatic rings. The van der Waals surface area contributed by atoms with Gasteiger partial charge in [-0.15, -0.1) is 0 Å². The summed E-state index contributed by atoms with van der Waals surface area (Å²) in [6, 6.07) is 21.6. The van der Waals surface area contributed by atoms with E-state index in [4.69, 9.17) is 9.16 Å². The number of amides is 1. The van der Waals surface area contributed by atoms with Crippen LogP contribution in [0.4, 0.5) is 15.0 Å². The third-order valence-corrected chi connectivity index (χ3v) is 10.7. The molecule has 8 heteroatoms. The van der Waals surface area contributed by atoms with Crippen LogP contribution >= 0.6 is 0 Å². The van der Waals surface area contributed by atoms with Crippen LogP contribution in [0.15, 0.2) is 72.9 Å². The highest BCUT2D eigenvalue weighted by Crippen LogP contribution is 2.37. The molecule has 2 aromatic carbocycles. The summed E-state index contributed by atoms with van der Waals surface area (Å²) in [4.78, 5) is 21.0. The Morgan fingerprint density at radius 3 is 2.19 bits per heavy atom. The Hall–Kier alpha value is -3.10. The first-order valence-corrected chi connectivity index (χ1v) is 12.4. The monoisotopic (exact) mass is 451 g/mol. The number of carbonyl (C=O) groups excluding carboxylic acids is 1. The zero-order valence-electron chi connectivity index (χ0n) is 18.4. The van der Waals surface area contributed by atoms with E-state index in [2.05, 4.69) is 55.0 Å². The van der Waals surface area contributed by atoms with Crippen molar-refractivity contribution in [2.75, 3.05) is 18.1 Å². The number of aromatic nitrogens is 2. The number of carbonyl (C=O) groups is 1. The lowest BCUT2D eigenvalue weighted by molar-refractivity contribution is 0.174. The molecular weight excluding hydrogens is 425 g/mol. The summed E-state index contributed by atoms with van der Waals surface area (Å²) in [6.07, 6.45) is -0.184. The van der Waals surface area contributed by atoms with Gasteiger partial charge in [-0.1, -0.05) is 81.4 Å². The van der Waals surface area contributed by atoms with Gasteiger partial charge in [-0.05, 0) is 21.5 Å². The van der Waals surface area contributed by atoms with Crippen LogP contribution in [0.5, 0.6) is 0 Å². The van der Waals surface area contributed by atoms with Crippen LogP contribution in [0.3, 0.4) is 0 Å². The van der Waals surface area contributed by atoms with E-state index in [1.165, 1.54) is 17.2 Å². The van der Waals surface area contributed by atoms with Gasteiger partial charge in [0.05, 0.1) is 12.6 Å². The van der Waals surface area contributed by atoms with Crippen LogP contribution in [0.1, 0.15) is 20.8 Å². The molecule has 1 saturated heterocycles. The van der Waals surface area contributed by atoms with Gasteiger partial charge in [-0.25, -0.2) is 9.78 Å². The number of hydrogen-bond acceptors (Lipinski definition) is 5. The van der Waals surface area contributed by atoms with Gasteiger partial charge < -0.3 is 9.16 Å². The predicted molar refractivity (Wildman–Crippen MR) is 123 cm³/mol. The molecule has 0 aliphatic carbocycles. The van der Waals surface area contributed by atoms with E-state index in [0.29, 0.717) is 0 Å². The van der Waals surface area contributed by atoms with Crippen LogP contribution in [0.2, 0.25) is 5.04 Å². The van der Waals surface area contributed by atoms with Crippen molar-refractivity contribution in [3.63, 3.8) is 0 Å². The van der Waals surface area contributed by atoms with Crippen molar-refractivity contribution in [1.29, 1.82) is 0 Å². The lowest BCUT2D eigenvalue weighted by Gasteiger charge is -2.43. The normalized spacial score (nSPS) is 16.8. The Morgan fingerprint density at radius 1 is 1.06 bits per heavy atom. The van der Waals surface area contributed by atoms with Crippen LogP contribution in [0, 0.1) is 6.08 Å². The Kier molecular flexibility index (Phi) is 6.08. The summed E-state index contributed by atoms with van der Waals surface area (Å²) in [7, 11) is -2.78. The molecule has 3 aromatic rings. The fraction of sp³-hybridized carbons (Fsp3) is 0.292. The number of benzene rings is 2. The van der Waals surface area contributed by atoms with Gasteiger partial charge in [-0.2, -0.15) is 9.37 Å². The van der Waals surface area contributed by atoms with E-state index in [1.54, 1.807) is 0 Å². The van der Waals surface area contributed by atoms with Crippen molar-refractivity contribution in [2.45, 2.75) is 31.9 Å². The molecule has 0 saturated carbocycles. The van der Waals surface area contributed by atoms with E-state index in [1.807, 2.05) is 36.4 Å². The molecule has 2 heterocycles. The lowest BCUT2D eigenvalue weighted by Crippen LogP contribution is -2.67. The van der Waals surface area contributed by atoms with E-state index < -0.39 is 26.5 Å². The maximum Gasteiger partial charge on any atom is 0.416 e. The van der Waals surface area contributed by atoms with E-state index in [9.17, 15) is 9.18 Å². The van der Waals surface area contributed by atoms with Crippen molar-refractivity contribution < 1.29 is 18.3 Å². The van der Waals surface area contributed by atoms with Crippen molar-refractivity contribution in [3.8, 4) is 0 Å². The molecule has 1 fully saturated rings. The third-order valence-electron chi connectivity index (χ3n) is 5.73.